The van der Waals surface area contributed by atoms with Crippen molar-refractivity contribution in [1.82, 2.24) is 0 Å². The van der Waals surface area contributed by atoms with Crippen LogP contribution in [0.25, 0.3) is 0 Å². The van der Waals surface area contributed by atoms with Crippen LogP contribution in [0, 0.1) is 0 Å². The van der Waals surface area contributed by atoms with Crippen LogP contribution in [-0.2, 0) is 4.74 Å². The Kier molecular flexibility index (Phi) is 6.02. The van der Waals surface area contributed by atoms with Gasteiger partial charge >= 0.3 is 0 Å². The number of alkyl halides is 1. The Morgan fingerprint density at radius 3 is 2.60 bits per heavy atom. The normalized spacial score (nSPS) is 16.8. The molecule has 2 unspecified atom stereocenters. The lowest BCUT2D eigenvalue weighted by Gasteiger charge is -2.11. The van der Waals surface area contributed by atoms with Crippen LogP contribution in [0.15, 0.2) is 0 Å². The smallest absolute Gasteiger partial charge is 0.0908 e. The van der Waals surface area contributed by atoms with E-state index in [2.05, 4.69) is 0 Å². The number of aliphatic hydroxyl groups is 2. The quantitative estimate of drug-likeness (QED) is 0.568. The molecule has 3 nitrogen and oxygen atoms in total. The van der Waals surface area contributed by atoms with Crippen molar-refractivity contribution in [3.8, 4) is 0 Å². The molecule has 0 bridgehead atoms. The molecule has 0 saturated carbocycles. The first kappa shape index (κ1) is 10.2. The molecule has 0 radical (unpaired) electrons. The Bertz CT molecular complexity index is 69.4. The highest BCUT2D eigenvalue weighted by Crippen LogP contribution is 1.93. The van der Waals surface area contributed by atoms with Gasteiger partial charge in [-0.05, 0) is 6.92 Å². The molecule has 0 fully saturated rings. The van der Waals surface area contributed by atoms with Gasteiger partial charge in [-0.15, -0.1) is 11.6 Å². The first-order valence-corrected chi connectivity index (χ1v) is 3.70. The van der Waals surface area contributed by atoms with Gasteiger partial charge in [-0.1, -0.05) is 0 Å². The number of aliphatic hydroxyl groups excluding tert-OH is 2. The lowest BCUT2D eigenvalue weighted by Crippen LogP contribution is -2.22. The number of hydrogen-bond acceptors (Lipinski definition) is 3. The van der Waals surface area contributed by atoms with Crippen molar-refractivity contribution < 1.29 is 14.9 Å². The molecular formula is C6H13ClO3. The zero-order valence-corrected chi connectivity index (χ0v) is 6.71. The third-order valence-electron chi connectivity index (χ3n) is 1.01. The summed E-state index contributed by atoms with van der Waals surface area (Å²) in [4.78, 5) is 0. The molecule has 0 aliphatic rings. The van der Waals surface area contributed by atoms with Crippen molar-refractivity contribution in [2.75, 3.05) is 19.1 Å². The molecule has 0 aromatic heterocycles. The van der Waals surface area contributed by atoms with E-state index < -0.39 is 6.10 Å². The summed E-state index contributed by atoms with van der Waals surface area (Å²) >= 11 is 5.29. The summed E-state index contributed by atoms with van der Waals surface area (Å²) in [6.07, 6.45) is -0.853. The minimum Gasteiger partial charge on any atom is -0.394 e. The molecule has 0 rings (SSSR count). The summed E-state index contributed by atoms with van der Waals surface area (Å²) in [6.45, 7) is 1.88. The van der Waals surface area contributed by atoms with Crippen LogP contribution >= 0.6 is 11.6 Å². The molecule has 0 aliphatic heterocycles. The van der Waals surface area contributed by atoms with Crippen LogP contribution in [0.4, 0.5) is 0 Å². The molecular weight excluding hydrogens is 156 g/mol. The summed E-state index contributed by atoms with van der Waals surface area (Å²) in [5, 5.41) is 17.3. The molecule has 0 saturated heterocycles. The summed E-state index contributed by atoms with van der Waals surface area (Å²) < 4.78 is 4.96. The first-order chi connectivity index (χ1) is 4.70. The second kappa shape index (κ2) is 5.92. The van der Waals surface area contributed by atoms with Gasteiger partial charge in [0.05, 0.1) is 31.3 Å². The SMILES string of the molecule is CC(CO)OCC(O)CCl. The number of halogens is 1. The Balaban J connectivity index is 3.17. The van der Waals surface area contributed by atoms with E-state index >= 15 is 0 Å². The van der Waals surface area contributed by atoms with E-state index in [4.69, 9.17) is 26.6 Å². The van der Waals surface area contributed by atoms with Crippen LogP contribution < -0.4 is 0 Å². The van der Waals surface area contributed by atoms with Gasteiger partial charge in [0, 0.05) is 0 Å². The zero-order chi connectivity index (χ0) is 7.98. The van der Waals surface area contributed by atoms with Gasteiger partial charge in [0.2, 0.25) is 0 Å². The van der Waals surface area contributed by atoms with E-state index in [1.54, 1.807) is 6.92 Å². The van der Waals surface area contributed by atoms with Crippen LogP contribution in [0.5, 0.6) is 0 Å². The molecule has 2 N–H and O–H groups in total. The second-order valence-corrected chi connectivity index (χ2v) is 2.44. The topological polar surface area (TPSA) is 49.7 Å². The highest BCUT2D eigenvalue weighted by molar-refractivity contribution is 6.18. The maximum absolute atomic E-state index is 8.86. The fourth-order valence-corrected chi connectivity index (χ4v) is 0.462. The molecule has 0 aromatic rings. The number of ether oxygens (including phenoxy) is 1. The summed E-state index contributed by atoms with van der Waals surface area (Å²) in [7, 11) is 0. The average Bonchev–Trinajstić information content (AvgIpc) is 1.99. The molecule has 0 amide bonds. The van der Waals surface area contributed by atoms with Crippen LogP contribution in [-0.4, -0.2) is 41.5 Å². The minimum absolute atomic E-state index is 0.0327. The average molecular weight is 169 g/mol. The fourth-order valence-electron chi connectivity index (χ4n) is 0.373. The molecule has 0 heterocycles. The van der Waals surface area contributed by atoms with E-state index in [-0.39, 0.29) is 25.2 Å². The van der Waals surface area contributed by atoms with Crippen molar-refractivity contribution in [3.63, 3.8) is 0 Å². The number of hydrogen-bond donors (Lipinski definition) is 2. The second-order valence-electron chi connectivity index (χ2n) is 2.13. The summed E-state index contributed by atoms with van der Waals surface area (Å²) in [6, 6.07) is 0. The van der Waals surface area contributed by atoms with Gasteiger partial charge in [-0.25, -0.2) is 0 Å². The zero-order valence-electron chi connectivity index (χ0n) is 5.96. The van der Waals surface area contributed by atoms with Crippen molar-refractivity contribution in [2.24, 2.45) is 0 Å². The van der Waals surface area contributed by atoms with E-state index in [0.717, 1.165) is 0 Å². The van der Waals surface area contributed by atoms with Gasteiger partial charge in [-0.3, -0.25) is 0 Å². The number of rotatable bonds is 5. The largest absolute Gasteiger partial charge is 0.394 e. The van der Waals surface area contributed by atoms with Crippen molar-refractivity contribution in [2.45, 2.75) is 19.1 Å². The summed E-state index contributed by atoms with van der Waals surface area (Å²) in [5.41, 5.74) is 0. The van der Waals surface area contributed by atoms with Crippen LogP contribution in [0.3, 0.4) is 0 Å². The van der Waals surface area contributed by atoms with Crippen LogP contribution in [0.2, 0.25) is 0 Å². The maximum atomic E-state index is 8.86. The lowest BCUT2D eigenvalue weighted by atomic mass is 10.4. The third kappa shape index (κ3) is 4.99. The Morgan fingerprint density at radius 1 is 1.60 bits per heavy atom. The first-order valence-electron chi connectivity index (χ1n) is 3.17. The van der Waals surface area contributed by atoms with E-state index in [0.29, 0.717) is 0 Å². The highest BCUT2D eigenvalue weighted by atomic mass is 35.5. The fraction of sp³-hybridized carbons (Fsp3) is 1.00. The lowest BCUT2D eigenvalue weighted by molar-refractivity contribution is -0.0167. The molecule has 10 heavy (non-hydrogen) atoms. The molecule has 0 aliphatic carbocycles. The molecule has 4 heteroatoms. The van der Waals surface area contributed by atoms with E-state index in [1.165, 1.54) is 0 Å². The van der Waals surface area contributed by atoms with Crippen molar-refractivity contribution >= 4 is 11.6 Å². The molecule has 0 aromatic carbocycles. The molecule has 62 valence electrons. The minimum atomic E-state index is -0.629. The van der Waals surface area contributed by atoms with Crippen molar-refractivity contribution in [3.05, 3.63) is 0 Å². The van der Waals surface area contributed by atoms with Gasteiger partial charge in [0.1, 0.15) is 0 Å². The van der Waals surface area contributed by atoms with Gasteiger partial charge in [-0.2, -0.15) is 0 Å². The highest BCUT2D eigenvalue weighted by Gasteiger charge is 2.04. The standard InChI is InChI=1S/C6H13ClO3/c1-5(3-8)10-4-6(9)2-7/h5-6,8-9H,2-4H2,1H3. The van der Waals surface area contributed by atoms with Gasteiger partial charge in [0.25, 0.3) is 0 Å². The van der Waals surface area contributed by atoms with E-state index in [9.17, 15) is 0 Å². The molecule has 0 spiro atoms. The Morgan fingerprint density at radius 2 is 2.20 bits per heavy atom. The molecule has 2 atom stereocenters. The van der Waals surface area contributed by atoms with E-state index in [1.807, 2.05) is 0 Å². The third-order valence-corrected chi connectivity index (χ3v) is 1.36. The van der Waals surface area contributed by atoms with Crippen molar-refractivity contribution in [1.29, 1.82) is 0 Å². The predicted molar refractivity (Wildman–Crippen MR) is 39.2 cm³/mol. The Hall–Kier alpha value is 0.170. The Labute approximate surface area is 65.6 Å². The monoisotopic (exact) mass is 168 g/mol. The van der Waals surface area contributed by atoms with Crippen LogP contribution in [0.1, 0.15) is 6.92 Å². The predicted octanol–water partition coefficient (Wildman–Crippen LogP) is -0.0165. The summed E-state index contributed by atoms with van der Waals surface area (Å²) in [5.74, 6) is 0.165. The maximum Gasteiger partial charge on any atom is 0.0908 e. The van der Waals surface area contributed by atoms with Gasteiger partial charge in [0.15, 0.2) is 0 Å². The van der Waals surface area contributed by atoms with Gasteiger partial charge < -0.3 is 14.9 Å².